The van der Waals surface area contributed by atoms with Crippen LogP contribution in [0.1, 0.15) is 43.0 Å². The normalized spacial score (nSPS) is 24.1. The molecule has 1 spiro atoms. The van der Waals surface area contributed by atoms with Crippen LogP contribution in [0.15, 0.2) is 48.8 Å². The van der Waals surface area contributed by atoms with E-state index in [0.29, 0.717) is 12.8 Å². The van der Waals surface area contributed by atoms with Gasteiger partial charge < -0.3 is 14.7 Å². The molecule has 0 aliphatic carbocycles. The molecule has 0 amide bonds. The van der Waals surface area contributed by atoms with Crippen molar-refractivity contribution in [1.29, 1.82) is 0 Å². The fourth-order valence-corrected chi connectivity index (χ4v) is 4.73. The molecule has 150 valence electrons. The summed E-state index contributed by atoms with van der Waals surface area (Å²) < 4.78 is 6.63. The number of aryl methyl sites for hydroxylation is 1. The summed E-state index contributed by atoms with van der Waals surface area (Å²) in [7, 11) is 0. The summed E-state index contributed by atoms with van der Waals surface area (Å²) in [5, 5.41) is 10.6. The lowest BCUT2D eigenvalue weighted by atomic mass is 9.81. The Kier molecular flexibility index (Phi) is 4.68. The summed E-state index contributed by atoms with van der Waals surface area (Å²) in [5.41, 5.74) is 3.56. The van der Waals surface area contributed by atoms with Crippen molar-refractivity contribution in [3.63, 3.8) is 0 Å². The highest BCUT2D eigenvalue weighted by Crippen LogP contribution is 2.43. The van der Waals surface area contributed by atoms with Crippen LogP contribution in [0, 0.1) is 6.92 Å². The molecule has 0 radical (unpaired) electrons. The van der Waals surface area contributed by atoms with E-state index < -0.39 is 0 Å². The third-order valence-electron chi connectivity index (χ3n) is 6.23. The van der Waals surface area contributed by atoms with Gasteiger partial charge in [0.25, 0.3) is 0 Å². The number of benzene rings is 1. The van der Waals surface area contributed by atoms with E-state index in [1.54, 1.807) is 6.33 Å². The lowest BCUT2D eigenvalue weighted by molar-refractivity contribution is -0.173. The maximum atomic E-state index is 10.6. The number of anilines is 1. The predicted molar refractivity (Wildman–Crippen MR) is 112 cm³/mol. The summed E-state index contributed by atoms with van der Waals surface area (Å²) in [6, 6.07) is 14.2. The summed E-state index contributed by atoms with van der Waals surface area (Å²) >= 11 is 0. The zero-order chi connectivity index (χ0) is 19.8. The summed E-state index contributed by atoms with van der Waals surface area (Å²) in [4.78, 5) is 15.9. The summed E-state index contributed by atoms with van der Waals surface area (Å²) in [6.07, 6.45) is 4.34. The molecule has 0 saturated carbocycles. The lowest BCUT2D eigenvalue weighted by Gasteiger charge is -2.48. The quantitative estimate of drug-likeness (QED) is 0.721. The SMILES string of the molecule is Cc1ccc2ncnc(N3CCC4(CC3)C[C@H](O)C[C@H](c3ccccc3)O4)c2n1. The van der Waals surface area contributed by atoms with E-state index in [2.05, 4.69) is 32.0 Å². The molecule has 2 saturated heterocycles. The van der Waals surface area contributed by atoms with Gasteiger partial charge in [-0.25, -0.2) is 15.0 Å². The van der Waals surface area contributed by atoms with E-state index in [0.717, 1.165) is 54.0 Å². The van der Waals surface area contributed by atoms with Crippen LogP contribution in [0.4, 0.5) is 5.82 Å². The monoisotopic (exact) mass is 390 g/mol. The first-order valence-corrected chi connectivity index (χ1v) is 10.4. The van der Waals surface area contributed by atoms with Crippen LogP contribution >= 0.6 is 0 Å². The molecule has 6 nitrogen and oxygen atoms in total. The lowest BCUT2D eigenvalue weighted by Crippen LogP contribution is -2.51. The van der Waals surface area contributed by atoms with Gasteiger partial charge in [-0.05, 0) is 37.5 Å². The highest BCUT2D eigenvalue weighted by atomic mass is 16.5. The third kappa shape index (κ3) is 3.58. The molecule has 1 N–H and O–H groups in total. The minimum atomic E-state index is -0.329. The number of fused-ring (bicyclic) bond motifs is 1. The molecule has 2 aliphatic heterocycles. The van der Waals surface area contributed by atoms with Gasteiger partial charge in [0.2, 0.25) is 0 Å². The van der Waals surface area contributed by atoms with Gasteiger partial charge in [-0.15, -0.1) is 0 Å². The third-order valence-corrected chi connectivity index (χ3v) is 6.23. The van der Waals surface area contributed by atoms with Gasteiger partial charge in [-0.1, -0.05) is 30.3 Å². The van der Waals surface area contributed by atoms with E-state index in [4.69, 9.17) is 4.74 Å². The van der Waals surface area contributed by atoms with E-state index in [1.165, 1.54) is 0 Å². The second kappa shape index (κ2) is 7.35. The van der Waals surface area contributed by atoms with Crippen LogP contribution in [-0.4, -0.2) is 44.9 Å². The fourth-order valence-electron chi connectivity index (χ4n) is 4.73. The number of piperidine rings is 1. The molecule has 4 heterocycles. The number of aromatic nitrogens is 3. The molecule has 6 heteroatoms. The van der Waals surface area contributed by atoms with Gasteiger partial charge in [-0.3, -0.25) is 0 Å². The van der Waals surface area contributed by atoms with Crippen molar-refractivity contribution in [3.8, 4) is 0 Å². The second-order valence-corrected chi connectivity index (χ2v) is 8.30. The minimum absolute atomic E-state index is 0.0457. The van der Waals surface area contributed by atoms with Gasteiger partial charge in [0.1, 0.15) is 11.8 Å². The average Bonchev–Trinajstić information content (AvgIpc) is 2.74. The maximum absolute atomic E-state index is 10.6. The zero-order valence-electron chi connectivity index (χ0n) is 16.7. The van der Waals surface area contributed by atoms with Crippen LogP contribution in [0.5, 0.6) is 0 Å². The van der Waals surface area contributed by atoms with Gasteiger partial charge in [0, 0.05) is 31.6 Å². The Labute approximate surface area is 170 Å². The van der Waals surface area contributed by atoms with Crippen LogP contribution in [0.3, 0.4) is 0 Å². The number of aliphatic hydroxyl groups excluding tert-OH is 1. The van der Waals surface area contributed by atoms with Gasteiger partial charge in [0.05, 0.1) is 23.3 Å². The second-order valence-electron chi connectivity index (χ2n) is 8.30. The molecule has 0 unspecified atom stereocenters. The number of pyridine rings is 1. The molecule has 1 aromatic carbocycles. The summed E-state index contributed by atoms with van der Waals surface area (Å²) in [5.74, 6) is 0.893. The van der Waals surface area contributed by atoms with E-state index in [-0.39, 0.29) is 17.8 Å². The van der Waals surface area contributed by atoms with Crippen molar-refractivity contribution >= 4 is 16.9 Å². The molecule has 3 aromatic rings. The molecule has 2 atom stereocenters. The number of aliphatic hydroxyl groups is 1. The molecule has 2 fully saturated rings. The largest absolute Gasteiger partial charge is 0.393 e. The van der Waals surface area contributed by atoms with Crippen LogP contribution in [0.2, 0.25) is 0 Å². The van der Waals surface area contributed by atoms with Gasteiger partial charge in [-0.2, -0.15) is 0 Å². The van der Waals surface area contributed by atoms with Crippen molar-refractivity contribution in [2.75, 3.05) is 18.0 Å². The summed E-state index contributed by atoms with van der Waals surface area (Å²) in [6.45, 7) is 3.65. The van der Waals surface area contributed by atoms with Gasteiger partial charge in [0.15, 0.2) is 5.82 Å². The first-order valence-electron chi connectivity index (χ1n) is 10.4. The van der Waals surface area contributed by atoms with Crippen LogP contribution in [0.25, 0.3) is 11.0 Å². The van der Waals surface area contributed by atoms with Crippen molar-refractivity contribution in [2.24, 2.45) is 0 Å². The smallest absolute Gasteiger partial charge is 0.158 e. The minimum Gasteiger partial charge on any atom is -0.393 e. The number of ether oxygens (including phenoxy) is 1. The molecule has 0 bridgehead atoms. The Morgan fingerprint density at radius 3 is 2.66 bits per heavy atom. The van der Waals surface area contributed by atoms with Gasteiger partial charge >= 0.3 is 0 Å². The number of hydrogen-bond donors (Lipinski definition) is 1. The molecule has 29 heavy (non-hydrogen) atoms. The molecular formula is C23H26N4O2. The van der Waals surface area contributed by atoms with Crippen molar-refractivity contribution in [1.82, 2.24) is 15.0 Å². The Morgan fingerprint density at radius 2 is 1.86 bits per heavy atom. The van der Waals surface area contributed by atoms with Crippen molar-refractivity contribution < 1.29 is 9.84 Å². The standard InChI is InChI=1S/C23H26N4O2/c1-16-7-8-19-21(26-16)22(25-15-24-19)27-11-9-23(10-12-27)14-18(28)13-20(29-23)17-5-3-2-4-6-17/h2-8,15,18,20,28H,9-14H2,1H3/t18-,20-/m1/s1. The molecule has 2 aliphatic rings. The van der Waals surface area contributed by atoms with Crippen molar-refractivity contribution in [3.05, 3.63) is 60.0 Å². The molecular weight excluding hydrogens is 364 g/mol. The average molecular weight is 390 g/mol. The Morgan fingerprint density at radius 1 is 1.07 bits per heavy atom. The van der Waals surface area contributed by atoms with E-state index >= 15 is 0 Å². The Bertz CT molecular complexity index is 1000. The Hall–Kier alpha value is -2.57. The van der Waals surface area contributed by atoms with Crippen LogP contribution < -0.4 is 4.90 Å². The van der Waals surface area contributed by atoms with Crippen LogP contribution in [-0.2, 0) is 4.74 Å². The highest BCUT2D eigenvalue weighted by Gasteiger charge is 2.44. The fraction of sp³-hybridized carbons (Fsp3) is 0.435. The number of nitrogens with zero attached hydrogens (tertiary/aromatic N) is 4. The van der Waals surface area contributed by atoms with Crippen molar-refractivity contribution in [2.45, 2.75) is 50.4 Å². The molecule has 2 aromatic heterocycles. The topological polar surface area (TPSA) is 71.4 Å². The van der Waals surface area contributed by atoms with E-state index in [1.807, 2.05) is 37.3 Å². The number of hydrogen-bond acceptors (Lipinski definition) is 6. The first kappa shape index (κ1) is 18.5. The first-order chi connectivity index (χ1) is 14.1. The molecule has 5 rings (SSSR count). The highest BCUT2D eigenvalue weighted by molar-refractivity contribution is 5.85. The Balaban J connectivity index is 1.37. The zero-order valence-corrected chi connectivity index (χ0v) is 16.7. The number of rotatable bonds is 2. The predicted octanol–water partition coefficient (Wildman–Crippen LogP) is 3.58. The maximum Gasteiger partial charge on any atom is 0.158 e. The van der Waals surface area contributed by atoms with E-state index in [9.17, 15) is 5.11 Å².